The van der Waals surface area contributed by atoms with Gasteiger partial charge >= 0.3 is 5.97 Å². The molecule has 0 aromatic heterocycles. The lowest BCUT2D eigenvalue weighted by Gasteiger charge is -2.05. The minimum atomic E-state index is -0.587. The predicted molar refractivity (Wildman–Crippen MR) is 88.1 cm³/mol. The zero-order valence-corrected chi connectivity index (χ0v) is 12.7. The Balaban J connectivity index is 1.80. The fourth-order valence-electron chi connectivity index (χ4n) is 1.81. The molecule has 0 aliphatic heterocycles. The molecule has 0 bridgehead atoms. The molecule has 1 amide bonds. The third-order valence-electron chi connectivity index (χ3n) is 2.91. The summed E-state index contributed by atoms with van der Waals surface area (Å²) in [5.74, 6) is -0.280. The smallest absolute Gasteiger partial charge is 0.331 e. The van der Waals surface area contributed by atoms with Crippen LogP contribution in [0.3, 0.4) is 0 Å². The number of hydrogen-bond acceptors (Lipinski definition) is 4. The largest absolute Gasteiger partial charge is 0.497 e. The number of para-hydroxylation sites is 1. The van der Waals surface area contributed by atoms with Crippen LogP contribution in [0.2, 0.25) is 0 Å². The molecular weight excluding hydrogens is 294 g/mol. The SMILES string of the molecule is COc1cccc(/C=C/C(=O)OCC(=O)Nc2ccccc2)c1. The second kappa shape index (κ2) is 8.38. The molecule has 0 unspecified atom stereocenters. The Labute approximate surface area is 134 Å². The van der Waals surface area contributed by atoms with Crippen LogP contribution in [0.25, 0.3) is 6.08 Å². The number of ether oxygens (including phenoxy) is 2. The summed E-state index contributed by atoms with van der Waals surface area (Å²) < 4.78 is 9.98. The number of nitrogens with one attached hydrogen (secondary N) is 1. The van der Waals surface area contributed by atoms with Crippen LogP contribution in [0.1, 0.15) is 5.56 Å². The number of amides is 1. The van der Waals surface area contributed by atoms with Gasteiger partial charge < -0.3 is 14.8 Å². The quantitative estimate of drug-likeness (QED) is 0.658. The van der Waals surface area contributed by atoms with Gasteiger partial charge in [0, 0.05) is 11.8 Å². The first-order valence-electron chi connectivity index (χ1n) is 7.01. The summed E-state index contributed by atoms with van der Waals surface area (Å²) in [6.45, 7) is -0.337. The highest BCUT2D eigenvalue weighted by molar-refractivity contribution is 5.94. The van der Waals surface area contributed by atoms with Crippen LogP contribution in [0.5, 0.6) is 5.75 Å². The number of carbonyl (C=O) groups is 2. The van der Waals surface area contributed by atoms with Crippen molar-refractivity contribution >= 4 is 23.6 Å². The Morgan fingerprint density at radius 2 is 1.87 bits per heavy atom. The van der Waals surface area contributed by atoms with E-state index in [9.17, 15) is 9.59 Å². The van der Waals surface area contributed by atoms with Gasteiger partial charge in [-0.2, -0.15) is 0 Å². The molecule has 0 saturated carbocycles. The lowest BCUT2D eigenvalue weighted by atomic mass is 10.2. The van der Waals surface area contributed by atoms with Crippen LogP contribution in [0, 0.1) is 0 Å². The monoisotopic (exact) mass is 311 g/mol. The Morgan fingerprint density at radius 1 is 1.09 bits per heavy atom. The van der Waals surface area contributed by atoms with Gasteiger partial charge in [0.1, 0.15) is 5.75 Å². The molecule has 0 aliphatic rings. The molecule has 2 aromatic carbocycles. The number of rotatable bonds is 6. The second-order valence-electron chi connectivity index (χ2n) is 4.63. The first-order valence-corrected chi connectivity index (χ1v) is 7.01. The lowest BCUT2D eigenvalue weighted by molar-refractivity contribution is -0.142. The van der Waals surface area contributed by atoms with Gasteiger partial charge in [-0.25, -0.2) is 4.79 Å². The molecule has 0 radical (unpaired) electrons. The van der Waals surface area contributed by atoms with Crippen LogP contribution in [-0.2, 0) is 14.3 Å². The summed E-state index contributed by atoms with van der Waals surface area (Å²) in [5, 5.41) is 2.63. The first-order chi connectivity index (χ1) is 11.2. The lowest BCUT2D eigenvalue weighted by Crippen LogP contribution is -2.20. The van der Waals surface area contributed by atoms with E-state index in [1.165, 1.54) is 6.08 Å². The van der Waals surface area contributed by atoms with E-state index in [0.717, 1.165) is 5.56 Å². The molecule has 0 saturated heterocycles. The van der Waals surface area contributed by atoms with E-state index in [4.69, 9.17) is 9.47 Å². The van der Waals surface area contributed by atoms with E-state index in [-0.39, 0.29) is 12.5 Å². The van der Waals surface area contributed by atoms with E-state index < -0.39 is 5.97 Å². The molecular formula is C18H17NO4. The minimum absolute atomic E-state index is 0.337. The third kappa shape index (κ3) is 5.67. The Bertz CT molecular complexity index is 695. The van der Waals surface area contributed by atoms with E-state index in [1.54, 1.807) is 43.5 Å². The van der Waals surface area contributed by atoms with E-state index in [1.807, 2.05) is 24.3 Å². The molecule has 0 fully saturated rings. The second-order valence-corrected chi connectivity index (χ2v) is 4.63. The van der Waals surface area contributed by atoms with Crippen molar-refractivity contribution in [2.75, 3.05) is 19.0 Å². The molecule has 23 heavy (non-hydrogen) atoms. The molecule has 0 aliphatic carbocycles. The normalized spacial score (nSPS) is 10.3. The van der Waals surface area contributed by atoms with Gasteiger partial charge in [0.15, 0.2) is 6.61 Å². The van der Waals surface area contributed by atoms with Crippen molar-refractivity contribution in [3.63, 3.8) is 0 Å². The molecule has 5 nitrogen and oxygen atoms in total. The zero-order chi connectivity index (χ0) is 16.5. The topological polar surface area (TPSA) is 64.6 Å². The van der Waals surface area contributed by atoms with Gasteiger partial charge in [-0.3, -0.25) is 4.79 Å². The molecule has 5 heteroatoms. The maximum absolute atomic E-state index is 11.6. The highest BCUT2D eigenvalue weighted by Gasteiger charge is 2.05. The predicted octanol–water partition coefficient (Wildman–Crippen LogP) is 2.89. The summed E-state index contributed by atoms with van der Waals surface area (Å²) in [5.41, 5.74) is 1.45. The fourth-order valence-corrected chi connectivity index (χ4v) is 1.81. The van der Waals surface area contributed by atoms with Crippen LogP contribution in [0.4, 0.5) is 5.69 Å². The highest BCUT2D eigenvalue weighted by Crippen LogP contribution is 2.13. The summed E-state index contributed by atoms with van der Waals surface area (Å²) in [7, 11) is 1.57. The fraction of sp³-hybridized carbons (Fsp3) is 0.111. The molecule has 0 heterocycles. The van der Waals surface area contributed by atoms with E-state index >= 15 is 0 Å². The number of hydrogen-bond donors (Lipinski definition) is 1. The minimum Gasteiger partial charge on any atom is -0.497 e. The number of methoxy groups -OCH3 is 1. The highest BCUT2D eigenvalue weighted by atomic mass is 16.5. The van der Waals surface area contributed by atoms with Crippen molar-refractivity contribution in [1.82, 2.24) is 0 Å². The van der Waals surface area contributed by atoms with Gasteiger partial charge in [0.2, 0.25) is 0 Å². The molecule has 2 aromatic rings. The van der Waals surface area contributed by atoms with E-state index in [0.29, 0.717) is 11.4 Å². The van der Waals surface area contributed by atoms with Crippen LogP contribution in [-0.4, -0.2) is 25.6 Å². The number of benzene rings is 2. The zero-order valence-electron chi connectivity index (χ0n) is 12.7. The average molecular weight is 311 g/mol. The van der Waals surface area contributed by atoms with Crippen molar-refractivity contribution in [1.29, 1.82) is 0 Å². The molecule has 0 spiro atoms. The molecule has 1 N–H and O–H groups in total. The van der Waals surface area contributed by atoms with Crippen molar-refractivity contribution in [2.45, 2.75) is 0 Å². The molecule has 0 atom stereocenters. The number of anilines is 1. The molecule has 118 valence electrons. The molecule has 2 rings (SSSR count). The van der Waals surface area contributed by atoms with Crippen molar-refractivity contribution < 1.29 is 19.1 Å². The van der Waals surface area contributed by atoms with Crippen LogP contribution < -0.4 is 10.1 Å². The van der Waals surface area contributed by atoms with Crippen molar-refractivity contribution in [3.05, 3.63) is 66.2 Å². The Hall–Kier alpha value is -3.08. The first kappa shape index (κ1) is 16.3. The summed E-state index contributed by atoms with van der Waals surface area (Å²) >= 11 is 0. The van der Waals surface area contributed by atoms with Crippen LogP contribution in [0.15, 0.2) is 60.7 Å². The van der Waals surface area contributed by atoms with Crippen molar-refractivity contribution in [2.24, 2.45) is 0 Å². The van der Waals surface area contributed by atoms with E-state index in [2.05, 4.69) is 5.32 Å². The van der Waals surface area contributed by atoms with Gasteiger partial charge in [-0.05, 0) is 35.9 Å². The van der Waals surface area contributed by atoms with Gasteiger partial charge in [-0.1, -0.05) is 30.3 Å². The third-order valence-corrected chi connectivity index (χ3v) is 2.91. The number of carbonyl (C=O) groups excluding carboxylic acids is 2. The number of esters is 1. The Kier molecular flexibility index (Phi) is 5.94. The maximum Gasteiger partial charge on any atom is 0.331 e. The van der Waals surface area contributed by atoms with Gasteiger partial charge in [0.05, 0.1) is 7.11 Å². The maximum atomic E-state index is 11.6. The average Bonchev–Trinajstić information content (AvgIpc) is 2.59. The summed E-state index contributed by atoms with van der Waals surface area (Å²) in [6.07, 6.45) is 2.87. The Morgan fingerprint density at radius 3 is 2.61 bits per heavy atom. The summed E-state index contributed by atoms with van der Waals surface area (Å²) in [6, 6.07) is 16.2. The standard InChI is InChI=1S/C18H17NO4/c1-22-16-9-5-6-14(12-16)10-11-18(21)23-13-17(20)19-15-7-3-2-4-8-15/h2-12H,13H2,1H3,(H,19,20)/b11-10+. The van der Waals surface area contributed by atoms with Gasteiger partial charge in [-0.15, -0.1) is 0 Å². The van der Waals surface area contributed by atoms with Crippen LogP contribution >= 0.6 is 0 Å². The van der Waals surface area contributed by atoms with Crippen molar-refractivity contribution in [3.8, 4) is 5.75 Å². The summed E-state index contributed by atoms with van der Waals surface area (Å²) in [4.78, 5) is 23.3. The van der Waals surface area contributed by atoms with Gasteiger partial charge in [0.25, 0.3) is 5.91 Å².